The molecular formula is C28H41F3N6O2. The highest BCUT2D eigenvalue weighted by molar-refractivity contribution is 5.84. The third-order valence-electron chi connectivity index (χ3n) is 7.02. The minimum Gasteiger partial charge on any atom is -0.376 e. The first kappa shape index (κ1) is 30.6. The molecule has 2 saturated heterocycles. The Morgan fingerprint density at radius 3 is 2.41 bits per heavy atom. The van der Waals surface area contributed by atoms with Crippen LogP contribution in [-0.4, -0.2) is 57.5 Å². The fraction of sp³-hybridized carbons (Fsp3) is 0.607. The van der Waals surface area contributed by atoms with E-state index in [9.17, 15) is 18.0 Å². The number of ether oxygens (including phenoxy) is 1. The molecule has 0 amide bonds. The molecule has 2 aliphatic rings. The Morgan fingerprint density at radius 1 is 1.15 bits per heavy atom. The molecular weight excluding hydrogens is 509 g/mol. The van der Waals surface area contributed by atoms with E-state index in [4.69, 9.17) is 9.72 Å². The van der Waals surface area contributed by atoms with Gasteiger partial charge in [-0.25, -0.2) is 9.78 Å². The number of imidazole rings is 1. The summed E-state index contributed by atoms with van der Waals surface area (Å²) in [5, 5.41) is 3.38. The van der Waals surface area contributed by atoms with Crippen molar-refractivity contribution in [3.63, 3.8) is 0 Å². The van der Waals surface area contributed by atoms with Gasteiger partial charge in [-0.2, -0.15) is 18.2 Å². The Bertz CT molecular complexity index is 1260. The van der Waals surface area contributed by atoms with Crippen LogP contribution >= 0.6 is 0 Å². The van der Waals surface area contributed by atoms with Gasteiger partial charge >= 0.3 is 11.9 Å². The number of anilines is 1. The Balaban J connectivity index is 0.000000253. The molecule has 2 aromatic heterocycles. The van der Waals surface area contributed by atoms with Crippen molar-refractivity contribution in [3.8, 4) is 0 Å². The Labute approximate surface area is 228 Å². The van der Waals surface area contributed by atoms with Crippen molar-refractivity contribution in [2.75, 3.05) is 31.1 Å². The third kappa shape index (κ3) is 7.19. The van der Waals surface area contributed by atoms with Crippen LogP contribution in [0.15, 0.2) is 29.1 Å². The average Bonchev–Trinajstić information content (AvgIpc) is 3.56. The lowest BCUT2D eigenvalue weighted by Gasteiger charge is -2.34. The molecule has 1 N–H and O–H groups in total. The normalized spacial score (nSPS) is 19.4. The van der Waals surface area contributed by atoms with E-state index in [1.807, 2.05) is 27.7 Å². The van der Waals surface area contributed by atoms with Crippen molar-refractivity contribution in [1.82, 2.24) is 24.4 Å². The first-order chi connectivity index (χ1) is 18.6. The van der Waals surface area contributed by atoms with Gasteiger partial charge in [-0.1, -0.05) is 32.9 Å². The number of nitrogens with zero attached hydrogens (tertiary/aromatic N) is 5. The highest BCUT2D eigenvalue weighted by Gasteiger charge is 2.30. The van der Waals surface area contributed by atoms with Crippen LogP contribution in [0.5, 0.6) is 0 Å². The summed E-state index contributed by atoms with van der Waals surface area (Å²) in [5.41, 5.74) is 1.75. The average molecular weight is 551 g/mol. The Hall–Kier alpha value is -2.92. The minimum absolute atomic E-state index is 0.195. The van der Waals surface area contributed by atoms with Crippen molar-refractivity contribution in [2.24, 2.45) is 7.05 Å². The first-order valence-electron chi connectivity index (χ1n) is 13.8. The highest BCUT2D eigenvalue weighted by Crippen LogP contribution is 2.29. The number of piperazine rings is 1. The number of alkyl halides is 3. The summed E-state index contributed by atoms with van der Waals surface area (Å²) in [6.45, 7) is 14.2. The van der Waals surface area contributed by atoms with Crippen LogP contribution < -0.4 is 15.9 Å². The zero-order chi connectivity index (χ0) is 28.7. The summed E-state index contributed by atoms with van der Waals surface area (Å²) in [7, 11) is 1.77. The second-order valence-corrected chi connectivity index (χ2v) is 9.65. The summed E-state index contributed by atoms with van der Waals surface area (Å²) in [6.07, 6.45) is -1.11. The number of aromatic nitrogens is 4. The van der Waals surface area contributed by atoms with Crippen LogP contribution in [0, 0.1) is 6.92 Å². The van der Waals surface area contributed by atoms with E-state index >= 15 is 0 Å². The molecule has 0 saturated carbocycles. The van der Waals surface area contributed by atoms with Gasteiger partial charge in [0.2, 0.25) is 0 Å². The summed E-state index contributed by atoms with van der Waals surface area (Å²) in [5.74, 6) is 1.61. The molecule has 2 unspecified atom stereocenters. The van der Waals surface area contributed by atoms with Gasteiger partial charge in [0.05, 0.1) is 18.2 Å². The molecule has 8 nitrogen and oxygen atoms in total. The number of aryl methyl sites for hydroxylation is 3. The van der Waals surface area contributed by atoms with Crippen LogP contribution in [0.4, 0.5) is 19.0 Å². The first-order valence-corrected chi connectivity index (χ1v) is 13.8. The molecule has 0 bridgehead atoms. The van der Waals surface area contributed by atoms with E-state index in [2.05, 4.69) is 26.7 Å². The lowest BCUT2D eigenvalue weighted by Crippen LogP contribution is -2.50. The van der Waals surface area contributed by atoms with E-state index < -0.39 is 11.7 Å². The van der Waals surface area contributed by atoms with Crippen LogP contribution in [0.3, 0.4) is 0 Å². The van der Waals surface area contributed by atoms with E-state index in [0.717, 1.165) is 86.7 Å². The van der Waals surface area contributed by atoms with Crippen LogP contribution in [0.25, 0.3) is 11.2 Å². The fourth-order valence-electron chi connectivity index (χ4n) is 4.85. The maximum absolute atomic E-state index is 12.5. The minimum atomic E-state index is -4.22. The molecule has 2 fully saturated rings. The van der Waals surface area contributed by atoms with E-state index in [1.165, 1.54) is 12.1 Å². The molecule has 11 heteroatoms. The predicted octanol–water partition coefficient (Wildman–Crippen LogP) is 4.71. The SMILES string of the molecule is CC.CCc1ccc(C(F)(F)F)cc1.Cc1nc2c(N3CCNCC3C)nc(=O)n(C)c2n1CC1CCCO1. The quantitative estimate of drug-likeness (QED) is 0.507. The lowest BCUT2D eigenvalue weighted by molar-refractivity contribution is -0.137. The molecule has 5 rings (SSSR count). The van der Waals surface area contributed by atoms with Gasteiger partial charge in [0.25, 0.3) is 0 Å². The van der Waals surface area contributed by atoms with Crippen LogP contribution in [0.1, 0.15) is 57.5 Å². The highest BCUT2D eigenvalue weighted by atomic mass is 19.4. The largest absolute Gasteiger partial charge is 0.416 e. The van der Waals surface area contributed by atoms with Gasteiger partial charge in [0.15, 0.2) is 5.82 Å². The van der Waals surface area contributed by atoms with E-state index in [0.29, 0.717) is 5.82 Å². The third-order valence-corrected chi connectivity index (χ3v) is 7.02. The molecule has 3 aromatic rings. The van der Waals surface area contributed by atoms with Crippen molar-refractivity contribution in [3.05, 3.63) is 51.7 Å². The molecule has 4 heterocycles. The topological polar surface area (TPSA) is 77.2 Å². The van der Waals surface area contributed by atoms with Crippen LogP contribution in [0.2, 0.25) is 0 Å². The summed E-state index contributed by atoms with van der Waals surface area (Å²) < 4.78 is 45.6. The van der Waals surface area contributed by atoms with Gasteiger partial charge in [0, 0.05) is 39.3 Å². The molecule has 0 radical (unpaired) electrons. The number of halogens is 3. The molecule has 0 spiro atoms. The molecule has 2 aliphatic heterocycles. The number of rotatable bonds is 4. The number of hydrogen-bond donors (Lipinski definition) is 1. The second kappa shape index (κ2) is 13.4. The van der Waals surface area contributed by atoms with Crippen molar-refractivity contribution in [1.29, 1.82) is 0 Å². The lowest BCUT2D eigenvalue weighted by atomic mass is 10.1. The zero-order valence-corrected chi connectivity index (χ0v) is 23.8. The summed E-state index contributed by atoms with van der Waals surface area (Å²) in [4.78, 5) is 23.9. The molecule has 1 aromatic carbocycles. The number of fused-ring (bicyclic) bond motifs is 1. The number of nitrogens with one attached hydrogen (secondary N) is 1. The van der Waals surface area contributed by atoms with Gasteiger partial charge in [-0.3, -0.25) is 4.57 Å². The van der Waals surface area contributed by atoms with E-state index in [-0.39, 0.29) is 17.8 Å². The smallest absolute Gasteiger partial charge is 0.376 e. The molecule has 2 atom stereocenters. The van der Waals surface area contributed by atoms with Crippen molar-refractivity contribution in [2.45, 2.75) is 78.7 Å². The van der Waals surface area contributed by atoms with Gasteiger partial charge in [0.1, 0.15) is 17.0 Å². The van der Waals surface area contributed by atoms with Crippen LogP contribution in [-0.2, 0) is 30.9 Å². The molecule has 39 heavy (non-hydrogen) atoms. The number of benzene rings is 1. The maximum Gasteiger partial charge on any atom is 0.416 e. The summed E-state index contributed by atoms with van der Waals surface area (Å²) in [6, 6.07) is 5.50. The second-order valence-electron chi connectivity index (χ2n) is 9.65. The van der Waals surface area contributed by atoms with Crippen molar-refractivity contribution >= 4 is 17.0 Å². The summed E-state index contributed by atoms with van der Waals surface area (Å²) >= 11 is 0. The Morgan fingerprint density at radius 2 is 1.85 bits per heavy atom. The molecule has 0 aliphatic carbocycles. The monoisotopic (exact) mass is 550 g/mol. The van der Waals surface area contributed by atoms with Gasteiger partial charge in [-0.15, -0.1) is 0 Å². The maximum atomic E-state index is 12.5. The number of hydrogen-bond acceptors (Lipinski definition) is 6. The predicted molar refractivity (Wildman–Crippen MR) is 148 cm³/mol. The fourth-order valence-corrected chi connectivity index (χ4v) is 4.85. The standard InChI is InChI=1S/C17H26N6O2.C9H9F3.C2H6/c1-11-9-18-6-7-22(11)15-14-16(21(3)17(24)20-15)23(12(2)19-14)10-13-5-4-8-25-13;1-2-7-3-5-8(6-4-7)9(10,11)12;1-2/h11,13,18H,4-10H2,1-3H3;3-6H,2H2,1H3;1-2H3. The Kier molecular flexibility index (Phi) is 10.5. The van der Waals surface area contributed by atoms with Crippen molar-refractivity contribution < 1.29 is 17.9 Å². The zero-order valence-electron chi connectivity index (χ0n) is 23.8. The van der Waals surface area contributed by atoms with Gasteiger partial charge < -0.3 is 19.5 Å². The molecule has 216 valence electrons. The van der Waals surface area contributed by atoms with Gasteiger partial charge in [-0.05, 0) is 50.8 Å². The van der Waals surface area contributed by atoms with E-state index in [1.54, 1.807) is 11.6 Å².